The van der Waals surface area contributed by atoms with Crippen molar-refractivity contribution >= 4 is 17.5 Å². The second kappa shape index (κ2) is 4.24. The Morgan fingerprint density at radius 3 is 2.53 bits per heavy atom. The van der Waals surface area contributed by atoms with Crippen molar-refractivity contribution in [3.8, 4) is 0 Å². The third-order valence-corrected chi connectivity index (χ3v) is 2.87. The van der Waals surface area contributed by atoms with Gasteiger partial charge in [0.15, 0.2) is 0 Å². The summed E-state index contributed by atoms with van der Waals surface area (Å²) in [7, 11) is 0. The predicted molar refractivity (Wildman–Crippen MR) is 66.1 cm³/mol. The molecular weight excluding hydrogens is 216 g/mol. The van der Waals surface area contributed by atoms with Crippen molar-refractivity contribution in [2.45, 2.75) is 37.8 Å². The van der Waals surface area contributed by atoms with Crippen LogP contribution in [0.5, 0.6) is 0 Å². The molecule has 0 saturated heterocycles. The first kappa shape index (κ1) is 10.4. The van der Waals surface area contributed by atoms with E-state index in [0.29, 0.717) is 17.9 Å². The maximum absolute atomic E-state index is 11.5. The van der Waals surface area contributed by atoms with Crippen LogP contribution in [0.2, 0.25) is 0 Å². The largest absolute Gasteiger partial charge is 0.381 e. The lowest BCUT2D eigenvalue weighted by Gasteiger charge is -2.07. The first-order chi connectivity index (χ1) is 8.29. The molecule has 1 aromatic rings. The van der Waals surface area contributed by atoms with Crippen molar-refractivity contribution in [2.75, 3.05) is 10.6 Å². The van der Waals surface area contributed by atoms with E-state index >= 15 is 0 Å². The fraction of sp³-hybridized carbons (Fsp3) is 0.500. The van der Waals surface area contributed by atoms with E-state index in [9.17, 15) is 4.79 Å². The topological polar surface area (TPSA) is 66.0 Å². The second-order valence-electron chi connectivity index (χ2n) is 4.72. The number of urea groups is 1. The van der Waals surface area contributed by atoms with E-state index in [1.54, 1.807) is 6.20 Å². The van der Waals surface area contributed by atoms with Crippen molar-refractivity contribution < 1.29 is 4.79 Å². The van der Waals surface area contributed by atoms with Crippen LogP contribution in [0, 0.1) is 0 Å². The number of carbonyl (C=O) groups is 1. The molecule has 2 aliphatic rings. The van der Waals surface area contributed by atoms with Crippen molar-refractivity contribution in [3.05, 3.63) is 18.3 Å². The van der Waals surface area contributed by atoms with Crippen LogP contribution in [0.1, 0.15) is 25.7 Å². The van der Waals surface area contributed by atoms with Gasteiger partial charge in [-0.1, -0.05) is 0 Å². The van der Waals surface area contributed by atoms with E-state index in [1.807, 2.05) is 12.1 Å². The zero-order chi connectivity index (χ0) is 11.7. The molecule has 2 amide bonds. The highest BCUT2D eigenvalue weighted by Gasteiger charge is 2.23. The van der Waals surface area contributed by atoms with Crippen LogP contribution in [0.3, 0.4) is 0 Å². The van der Waals surface area contributed by atoms with Gasteiger partial charge in [0.2, 0.25) is 0 Å². The van der Waals surface area contributed by atoms with Gasteiger partial charge in [0, 0.05) is 12.1 Å². The third kappa shape index (κ3) is 3.09. The Balaban J connectivity index is 1.53. The molecule has 17 heavy (non-hydrogen) atoms. The Kier molecular flexibility index (Phi) is 2.59. The molecule has 1 aromatic heterocycles. The summed E-state index contributed by atoms with van der Waals surface area (Å²) >= 11 is 0. The van der Waals surface area contributed by atoms with E-state index in [0.717, 1.165) is 18.5 Å². The van der Waals surface area contributed by atoms with Gasteiger partial charge >= 0.3 is 6.03 Å². The standard InChI is InChI=1S/C12H16N4O/c17-12(15-9-3-4-9)16-11-6-5-10(7-13-11)14-8-1-2-8/h5-9,14H,1-4H2,(H2,13,15,16,17). The fourth-order valence-electron chi connectivity index (χ4n) is 1.58. The first-order valence-corrected chi connectivity index (χ1v) is 6.10. The van der Waals surface area contributed by atoms with Gasteiger partial charge in [-0.15, -0.1) is 0 Å². The summed E-state index contributed by atoms with van der Waals surface area (Å²) in [4.78, 5) is 15.7. The van der Waals surface area contributed by atoms with Gasteiger partial charge in [0.1, 0.15) is 5.82 Å². The molecule has 90 valence electrons. The Morgan fingerprint density at radius 1 is 1.18 bits per heavy atom. The number of hydrogen-bond acceptors (Lipinski definition) is 3. The highest BCUT2D eigenvalue weighted by Crippen LogP contribution is 2.24. The number of anilines is 2. The lowest BCUT2D eigenvalue weighted by Crippen LogP contribution is -2.30. The van der Waals surface area contributed by atoms with E-state index in [4.69, 9.17) is 0 Å². The molecule has 0 radical (unpaired) electrons. The molecule has 2 saturated carbocycles. The SMILES string of the molecule is O=C(Nc1ccc(NC2CC2)cn1)NC1CC1. The first-order valence-electron chi connectivity index (χ1n) is 6.10. The molecule has 1 heterocycles. The summed E-state index contributed by atoms with van der Waals surface area (Å²) in [6, 6.07) is 4.58. The Hall–Kier alpha value is -1.78. The monoisotopic (exact) mass is 232 g/mol. The quantitative estimate of drug-likeness (QED) is 0.743. The van der Waals surface area contributed by atoms with Crippen LogP contribution >= 0.6 is 0 Å². The number of nitrogens with zero attached hydrogens (tertiary/aromatic N) is 1. The van der Waals surface area contributed by atoms with Gasteiger partial charge in [-0.25, -0.2) is 9.78 Å². The number of hydrogen-bond donors (Lipinski definition) is 3. The van der Waals surface area contributed by atoms with Crippen molar-refractivity contribution in [1.29, 1.82) is 0 Å². The predicted octanol–water partition coefficient (Wildman–Crippen LogP) is 1.94. The fourth-order valence-corrected chi connectivity index (χ4v) is 1.58. The van der Waals surface area contributed by atoms with E-state index < -0.39 is 0 Å². The molecule has 5 nitrogen and oxygen atoms in total. The number of aromatic nitrogens is 1. The smallest absolute Gasteiger partial charge is 0.320 e. The van der Waals surface area contributed by atoms with Gasteiger partial charge < -0.3 is 10.6 Å². The van der Waals surface area contributed by atoms with Crippen molar-refractivity contribution in [1.82, 2.24) is 10.3 Å². The minimum atomic E-state index is -0.164. The van der Waals surface area contributed by atoms with Crippen LogP contribution in [-0.2, 0) is 0 Å². The Morgan fingerprint density at radius 2 is 1.94 bits per heavy atom. The molecule has 0 unspecified atom stereocenters. The summed E-state index contributed by atoms with van der Waals surface area (Å²) in [5.41, 5.74) is 1.01. The van der Waals surface area contributed by atoms with Crippen LogP contribution in [0.25, 0.3) is 0 Å². The third-order valence-electron chi connectivity index (χ3n) is 2.87. The molecule has 3 N–H and O–H groups in total. The molecule has 0 spiro atoms. The summed E-state index contributed by atoms with van der Waals surface area (Å²) in [6.07, 6.45) is 6.41. The lowest BCUT2D eigenvalue weighted by molar-refractivity contribution is 0.251. The summed E-state index contributed by atoms with van der Waals surface area (Å²) in [5, 5.41) is 8.92. The summed E-state index contributed by atoms with van der Waals surface area (Å²) in [6.45, 7) is 0. The zero-order valence-corrected chi connectivity index (χ0v) is 9.57. The molecule has 5 heteroatoms. The minimum Gasteiger partial charge on any atom is -0.381 e. The van der Waals surface area contributed by atoms with E-state index in [1.165, 1.54) is 12.8 Å². The summed E-state index contributed by atoms with van der Waals surface area (Å²) < 4.78 is 0. The lowest BCUT2D eigenvalue weighted by atomic mass is 10.4. The Labute approximate surface area is 100 Å². The van der Waals surface area contributed by atoms with Gasteiger partial charge in [0.05, 0.1) is 11.9 Å². The van der Waals surface area contributed by atoms with E-state index in [-0.39, 0.29) is 6.03 Å². The van der Waals surface area contributed by atoms with E-state index in [2.05, 4.69) is 20.9 Å². The molecule has 0 aliphatic heterocycles. The minimum absolute atomic E-state index is 0.164. The Bertz CT molecular complexity index is 409. The molecule has 0 atom stereocenters. The highest BCUT2D eigenvalue weighted by atomic mass is 16.2. The number of pyridine rings is 1. The molecular formula is C12H16N4O. The maximum atomic E-state index is 11.5. The molecule has 3 rings (SSSR count). The maximum Gasteiger partial charge on any atom is 0.320 e. The number of nitrogens with one attached hydrogen (secondary N) is 3. The normalized spacial score (nSPS) is 18.6. The van der Waals surface area contributed by atoms with Crippen molar-refractivity contribution in [3.63, 3.8) is 0 Å². The number of carbonyl (C=O) groups excluding carboxylic acids is 1. The molecule has 2 fully saturated rings. The van der Waals surface area contributed by atoms with Crippen LogP contribution in [0.4, 0.5) is 16.3 Å². The molecule has 2 aliphatic carbocycles. The van der Waals surface area contributed by atoms with Gasteiger partial charge in [-0.3, -0.25) is 5.32 Å². The molecule has 0 bridgehead atoms. The number of amides is 2. The highest BCUT2D eigenvalue weighted by molar-refractivity contribution is 5.88. The van der Waals surface area contributed by atoms with Gasteiger partial charge in [-0.2, -0.15) is 0 Å². The second-order valence-corrected chi connectivity index (χ2v) is 4.72. The van der Waals surface area contributed by atoms with Gasteiger partial charge in [0.25, 0.3) is 0 Å². The van der Waals surface area contributed by atoms with Crippen LogP contribution in [-0.4, -0.2) is 23.1 Å². The van der Waals surface area contributed by atoms with Crippen LogP contribution in [0.15, 0.2) is 18.3 Å². The van der Waals surface area contributed by atoms with Crippen molar-refractivity contribution in [2.24, 2.45) is 0 Å². The molecule has 0 aromatic carbocycles. The number of rotatable bonds is 4. The zero-order valence-electron chi connectivity index (χ0n) is 9.57. The summed E-state index contributed by atoms with van der Waals surface area (Å²) in [5.74, 6) is 0.587. The van der Waals surface area contributed by atoms with Crippen LogP contribution < -0.4 is 16.0 Å². The van der Waals surface area contributed by atoms with Gasteiger partial charge in [-0.05, 0) is 37.8 Å². The average Bonchev–Trinajstić information content (AvgIpc) is 3.17. The average molecular weight is 232 g/mol.